The molecule has 0 radical (unpaired) electrons. The van der Waals surface area contributed by atoms with Crippen molar-refractivity contribution in [2.45, 2.75) is 13.5 Å². The van der Waals surface area contributed by atoms with Gasteiger partial charge in [-0.2, -0.15) is 0 Å². The third-order valence-electron chi connectivity index (χ3n) is 2.74. The maximum atomic E-state index is 11.8. The molecule has 0 saturated carbocycles. The fourth-order valence-electron chi connectivity index (χ4n) is 1.77. The van der Waals surface area contributed by atoms with Crippen molar-refractivity contribution in [3.05, 3.63) is 64.1 Å². The third-order valence-corrected chi connectivity index (χ3v) is 2.74. The molecule has 0 atom stereocenters. The van der Waals surface area contributed by atoms with Gasteiger partial charge in [-0.3, -0.25) is 14.4 Å². The number of hydrogen-bond acceptors (Lipinski definition) is 3. The van der Waals surface area contributed by atoms with Crippen molar-refractivity contribution in [2.75, 3.05) is 5.32 Å². The lowest BCUT2D eigenvalue weighted by Gasteiger charge is -2.07. The van der Waals surface area contributed by atoms with E-state index in [4.69, 9.17) is 0 Å². The molecule has 21 heavy (non-hydrogen) atoms. The Hall–Kier alpha value is -2.89. The van der Waals surface area contributed by atoms with E-state index < -0.39 is 0 Å². The van der Waals surface area contributed by atoms with Crippen LogP contribution in [0.1, 0.15) is 23.0 Å². The van der Waals surface area contributed by atoms with Crippen molar-refractivity contribution in [1.82, 2.24) is 10.3 Å². The maximum absolute atomic E-state index is 11.8. The molecule has 0 aliphatic carbocycles. The van der Waals surface area contributed by atoms with Gasteiger partial charge in [-0.25, -0.2) is 0 Å². The summed E-state index contributed by atoms with van der Waals surface area (Å²) in [6.45, 7) is 1.77. The van der Waals surface area contributed by atoms with E-state index >= 15 is 0 Å². The number of amides is 2. The fraction of sp³-hybridized carbons (Fsp3) is 0.133. The van der Waals surface area contributed by atoms with Crippen molar-refractivity contribution in [1.29, 1.82) is 0 Å². The summed E-state index contributed by atoms with van der Waals surface area (Å²) in [4.78, 5) is 36.3. The molecule has 3 N–H and O–H groups in total. The van der Waals surface area contributed by atoms with Crippen LogP contribution in [0.15, 0.2) is 47.3 Å². The summed E-state index contributed by atoms with van der Waals surface area (Å²) >= 11 is 0. The third kappa shape index (κ3) is 4.31. The van der Waals surface area contributed by atoms with E-state index in [0.29, 0.717) is 12.2 Å². The first-order valence-corrected chi connectivity index (χ1v) is 6.38. The largest absolute Gasteiger partial charge is 0.347 e. The van der Waals surface area contributed by atoms with Gasteiger partial charge >= 0.3 is 0 Å². The zero-order valence-corrected chi connectivity index (χ0v) is 11.5. The average molecular weight is 285 g/mol. The van der Waals surface area contributed by atoms with Gasteiger partial charge < -0.3 is 15.6 Å². The van der Waals surface area contributed by atoms with Gasteiger partial charge in [0.25, 0.3) is 5.91 Å². The predicted octanol–water partition coefficient (Wildman–Crippen LogP) is 1.26. The highest BCUT2D eigenvalue weighted by Crippen LogP contribution is 2.09. The van der Waals surface area contributed by atoms with Gasteiger partial charge in [0.2, 0.25) is 11.5 Å². The van der Waals surface area contributed by atoms with Crippen LogP contribution in [0.2, 0.25) is 0 Å². The molecule has 108 valence electrons. The van der Waals surface area contributed by atoms with Gasteiger partial charge in [0.15, 0.2) is 0 Å². The van der Waals surface area contributed by atoms with Crippen LogP contribution < -0.4 is 16.2 Å². The van der Waals surface area contributed by atoms with Gasteiger partial charge in [-0.05, 0) is 23.8 Å². The molecule has 0 spiro atoms. The number of rotatable bonds is 4. The summed E-state index contributed by atoms with van der Waals surface area (Å²) < 4.78 is 0. The highest BCUT2D eigenvalue weighted by Gasteiger charge is 2.05. The number of aromatic nitrogens is 1. The molecular formula is C15H15N3O3. The molecule has 6 nitrogen and oxygen atoms in total. The van der Waals surface area contributed by atoms with E-state index in [9.17, 15) is 14.4 Å². The van der Waals surface area contributed by atoms with Crippen LogP contribution in [0.4, 0.5) is 5.69 Å². The molecule has 1 heterocycles. The van der Waals surface area contributed by atoms with Crippen LogP contribution in [0.25, 0.3) is 0 Å². The number of carbonyl (C=O) groups is 2. The Balaban J connectivity index is 1.95. The molecule has 0 aliphatic heterocycles. The van der Waals surface area contributed by atoms with E-state index in [2.05, 4.69) is 15.6 Å². The van der Waals surface area contributed by atoms with Crippen molar-refractivity contribution < 1.29 is 9.59 Å². The lowest BCUT2D eigenvalue weighted by molar-refractivity contribution is -0.114. The number of nitrogens with one attached hydrogen (secondary N) is 3. The predicted molar refractivity (Wildman–Crippen MR) is 79.0 cm³/mol. The number of H-pyrrole nitrogens is 1. The molecule has 2 aromatic rings. The molecule has 0 unspecified atom stereocenters. The Kier molecular flexibility index (Phi) is 4.50. The molecule has 1 aromatic carbocycles. The van der Waals surface area contributed by atoms with E-state index in [-0.39, 0.29) is 23.1 Å². The Morgan fingerprint density at radius 2 is 1.81 bits per heavy atom. The number of anilines is 1. The fourth-order valence-corrected chi connectivity index (χ4v) is 1.77. The number of hydrogen-bond donors (Lipinski definition) is 3. The highest BCUT2D eigenvalue weighted by molar-refractivity contribution is 5.92. The second-order valence-corrected chi connectivity index (χ2v) is 4.49. The summed E-state index contributed by atoms with van der Waals surface area (Å²) in [5.74, 6) is -0.484. The van der Waals surface area contributed by atoms with Gasteiger partial charge in [-0.1, -0.05) is 18.2 Å². The first kappa shape index (κ1) is 14.5. The summed E-state index contributed by atoms with van der Waals surface area (Å²) in [6, 6.07) is 11.5. The van der Waals surface area contributed by atoms with E-state index in [0.717, 1.165) is 5.56 Å². The second kappa shape index (κ2) is 6.51. The summed E-state index contributed by atoms with van der Waals surface area (Å²) in [6.07, 6.45) is 0. The van der Waals surface area contributed by atoms with Crippen molar-refractivity contribution in [3.8, 4) is 0 Å². The lowest BCUT2D eigenvalue weighted by Crippen LogP contribution is -2.25. The van der Waals surface area contributed by atoms with Crippen LogP contribution in [-0.4, -0.2) is 16.8 Å². The first-order chi connectivity index (χ1) is 10.0. The molecule has 2 amide bonds. The first-order valence-electron chi connectivity index (χ1n) is 6.38. The minimum absolute atomic E-state index is 0.135. The number of aromatic amines is 1. The van der Waals surface area contributed by atoms with Crippen molar-refractivity contribution in [2.24, 2.45) is 0 Å². The molecule has 0 fully saturated rings. The smallest absolute Gasteiger partial charge is 0.268 e. The van der Waals surface area contributed by atoms with Crippen molar-refractivity contribution in [3.63, 3.8) is 0 Å². The van der Waals surface area contributed by atoms with Crippen molar-refractivity contribution >= 4 is 17.5 Å². The molecule has 2 rings (SSSR count). The van der Waals surface area contributed by atoms with Gasteiger partial charge in [0.05, 0.1) is 0 Å². The van der Waals surface area contributed by atoms with Crippen LogP contribution >= 0.6 is 0 Å². The molecule has 0 saturated heterocycles. The standard InChI is InChI=1S/C15H15N3O3/c1-10(19)17-12-7-5-11(6-8-12)9-16-15(21)13-3-2-4-14(20)18-13/h2-8H,9H2,1H3,(H,16,21)(H,17,19)(H,18,20). The quantitative estimate of drug-likeness (QED) is 0.790. The topological polar surface area (TPSA) is 91.1 Å². The summed E-state index contributed by atoms with van der Waals surface area (Å²) in [5, 5.41) is 5.37. The average Bonchev–Trinajstić information content (AvgIpc) is 2.45. The number of pyridine rings is 1. The van der Waals surface area contributed by atoms with Gasteiger partial charge in [-0.15, -0.1) is 0 Å². The van der Waals surface area contributed by atoms with Gasteiger partial charge in [0, 0.05) is 25.2 Å². The lowest BCUT2D eigenvalue weighted by atomic mass is 10.2. The van der Waals surface area contributed by atoms with Crippen LogP contribution in [0.3, 0.4) is 0 Å². The normalized spacial score (nSPS) is 9.95. The minimum atomic E-state index is -0.348. The Morgan fingerprint density at radius 3 is 2.43 bits per heavy atom. The molecule has 6 heteroatoms. The Morgan fingerprint density at radius 1 is 1.10 bits per heavy atom. The van der Waals surface area contributed by atoms with E-state index in [1.807, 2.05) is 0 Å². The summed E-state index contributed by atoms with van der Waals surface area (Å²) in [7, 11) is 0. The van der Waals surface area contributed by atoms with Crippen LogP contribution in [0.5, 0.6) is 0 Å². The second-order valence-electron chi connectivity index (χ2n) is 4.49. The maximum Gasteiger partial charge on any atom is 0.268 e. The molecule has 1 aromatic heterocycles. The molecule has 0 aliphatic rings. The molecule has 0 bridgehead atoms. The summed E-state index contributed by atoms with van der Waals surface area (Å²) in [5.41, 5.74) is 1.49. The monoisotopic (exact) mass is 285 g/mol. The SMILES string of the molecule is CC(=O)Nc1ccc(CNC(=O)c2cccc(=O)[nH]2)cc1. The number of benzene rings is 1. The zero-order chi connectivity index (χ0) is 15.2. The number of carbonyl (C=O) groups excluding carboxylic acids is 2. The Bertz CT molecular complexity index is 705. The van der Waals surface area contributed by atoms with Crippen LogP contribution in [-0.2, 0) is 11.3 Å². The minimum Gasteiger partial charge on any atom is -0.347 e. The zero-order valence-electron chi connectivity index (χ0n) is 11.5. The van der Waals surface area contributed by atoms with Gasteiger partial charge in [0.1, 0.15) is 5.69 Å². The Labute approximate surface area is 121 Å². The van der Waals surface area contributed by atoms with E-state index in [1.165, 1.54) is 25.1 Å². The van der Waals surface area contributed by atoms with Crippen LogP contribution in [0, 0.1) is 0 Å². The molecular weight excluding hydrogens is 270 g/mol. The highest BCUT2D eigenvalue weighted by atomic mass is 16.2. The van der Waals surface area contributed by atoms with E-state index in [1.54, 1.807) is 24.3 Å².